The van der Waals surface area contributed by atoms with Crippen molar-refractivity contribution in [1.82, 2.24) is 9.97 Å². The van der Waals surface area contributed by atoms with Crippen LogP contribution in [-0.2, 0) is 6.18 Å². The molecule has 0 aliphatic rings. The average molecular weight is 482 g/mol. The highest BCUT2D eigenvalue weighted by Crippen LogP contribution is 2.36. The van der Waals surface area contributed by atoms with Gasteiger partial charge in [-0.15, -0.1) is 0 Å². The molecule has 0 fully saturated rings. The van der Waals surface area contributed by atoms with Crippen LogP contribution in [0.2, 0.25) is 5.02 Å². The number of anilines is 3. The van der Waals surface area contributed by atoms with Gasteiger partial charge < -0.3 is 25.8 Å². The van der Waals surface area contributed by atoms with Crippen LogP contribution in [0.4, 0.5) is 35.3 Å². The smallest absolute Gasteiger partial charge is 0.417 e. The van der Waals surface area contributed by atoms with E-state index in [0.29, 0.717) is 30.4 Å². The number of ether oxygens (including phenoxy) is 1. The lowest BCUT2D eigenvalue weighted by atomic mass is 10.2. The number of halogens is 4. The standard InChI is InChI=1S/C21H19ClF3N5O3/c22-17-7-4-14(12-16(17)21(23,24)25)29-20(32)28-13-2-5-15(6-3-13)33-18-8-10-27-19(30-18)26-9-1-11-31/h2-8,10,12,31H,1,9,11H2,(H,26,27,30)(H2,28,29,32). The van der Waals surface area contributed by atoms with E-state index in [1.165, 1.54) is 12.3 Å². The number of aliphatic hydroxyl groups is 1. The predicted octanol–water partition coefficient (Wildman–Crippen LogP) is 5.38. The number of hydrogen-bond donors (Lipinski definition) is 4. The van der Waals surface area contributed by atoms with Gasteiger partial charge in [-0.3, -0.25) is 0 Å². The summed E-state index contributed by atoms with van der Waals surface area (Å²) in [6.45, 7) is 0.561. The topological polar surface area (TPSA) is 108 Å². The van der Waals surface area contributed by atoms with Gasteiger partial charge in [0.2, 0.25) is 11.8 Å². The van der Waals surface area contributed by atoms with E-state index >= 15 is 0 Å². The zero-order valence-electron chi connectivity index (χ0n) is 17.0. The van der Waals surface area contributed by atoms with Crippen LogP contribution in [0.15, 0.2) is 54.7 Å². The molecule has 8 nitrogen and oxygen atoms in total. The molecule has 1 heterocycles. The van der Waals surface area contributed by atoms with Gasteiger partial charge in [-0.1, -0.05) is 11.6 Å². The van der Waals surface area contributed by atoms with E-state index in [0.717, 1.165) is 12.1 Å². The Morgan fingerprint density at radius 3 is 2.45 bits per heavy atom. The number of alkyl halides is 3. The summed E-state index contributed by atoms with van der Waals surface area (Å²) in [6.07, 6.45) is -2.57. The molecule has 33 heavy (non-hydrogen) atoms. The van der Waals surface area contributed by atoms with Gasteiger partial charge in [0.1, 0.15) is 5.75 Å². The van der Waals surface area contributed by atoms with Gasteiger partial charge in [-0.25, -0.2) is 9.78 Å². The molecule has 0 saturated carbocycles. The number of carbonyl (C=O) groups is 1. The van der Waals surface area contributed by atoms with E-state index in [4.69, 9.17) is 21.4 Å². The molecule has 4 N–H and O–H groups in total. The highest BCUT2D eigenvalue weighted by atomic mass is 35.5. The Hall–Kier alpha value is -3.57. The van der Waals surface area contributed by atoms with Gasteiger partial charge in [0.15, 0.2) is 0 Å². The fraction of sp³-hybridized carbons (Fsp3) is 0.190. The van der Waals surface area contributed by atoms with E-state index in [9.17, 15) is 18.0 Å². The molecule has 3 aromatic rings. The fourth-order valence-electron chi connectivity index (χ4n) is 2.60. The molecule has 0 bridgehead atoms. The third kappa shape index (κ3) is 7.22. The number of urea groups is 1. The fourth-order valence-corrected chi connectivity index (χ4v) is 2.83. The molecule has 1 aromatic heterocycles. The molecule has 0 unspecified atom stereocenters. The van der Waals surface area contributed by atoms with Crippen molar-refractivity contribution in [2.45, 2.75) is 12.6 Å². The minimum Gasteiger partial charge on any atom is -0.439 e. The van der Waals surface area contributed by atoms with Crippen molar-refractivity contribution in [2.75, 3.05) is 29.1 Å². The second kappa shape index (κ2) is 10.8. The van der Waals surface area contributed by atoms with Crippen molar-refractivity contribution >= 4 is 35.0 Å². The molecule has 0 saturated heterocycles. The van der Waals surface area contributed by atoms with Gasteiger partial charge >= 0.3 is 12.2 Å². The maximum atomic E-state index is 13.0. The molecular weight excluding hydrogens is 463 g/mol. The van der Waals surface area contributed by atoms with Gasteiger partial charge in [0.05, 0.1) is 10.6 Å². The summed E-state index contributed by atoms with van der Waals surface area (Å²) in [4.78, 5) is 20.4. The normalized spacial score (nSPS) is 11.1. The summed E-state index contributed by atoms with van der Waals surface area (Å²) in [5.41, 5.74) is -0.713. The monoisotopic (exact) mass is 481 g/mol. The van der Waals surface area contributed by atoms with Crippen LogP contribution < -0.4 is 20.7 Å². The third-order valence-electron chi connectivity index (χ3n) is 4.11. The second-order valence-corrected chi connectivity index (χ2v) is 7.03. The molecule has 0 spiro atoms. The van der Waals surface area contributed by atoms with Crippen molar-refractivity contribution in [3.05, 3.63) is 65.3 Å². The van der Waals surface area contributed by atoms with Crippen LogP contribution in [0, 0.1) is 0 Å². The van der Waals surface area contributed by atoms with E-state index < -0.39 is 22.8 Å². The molecule has 12 heteroatoms. The van der Waals surface area contributed by atoms with E-state index in [-0.39, 0.29) is 18.2 Å². The first-order chi connectivity index (χ1) is 15.7. The maximum Gasteiger partial charge on any atom is 0.417 e. The SMILES string of the molecule is O=C(Nc1ccc(Oc2ccnc(NCCCO)n2)cc1)Nc1ccc(Cl)c(C(F)(F)F)c1. The van der Waals surface area contributed by atoms with Gasteiger partial charge in [-0.2, -0.15) is 18.2 Å². The molecule has 174 valence electrons. The van der Waals surface area contributed by atoms with Crippen molar-refractivity contribution in [2.24, 2.45) is 0 Å². The molecule has 2 aromatic carbocycles. The van der Waals surface area contributed by atoms with E-state index in [1.54, 1.807) is 30.3 Å². The lowest BCUT2D eigenvalue weighted by molar-refractivity contribution is -0.137. The van der Waals surface area contributed by atoms with Crippen LogP contribution >= 0.6 is 11.6 Å². The number of hydrogen-bond acceptors (Lipinski definition) is 6. The summed E-state index contributed by atoms with van der Waals surface area (Å²) in [6, 6.07) is 10.2. The molecule has 0 atom stereocenters. The Balaban J connectivity index is 1.58. The van der Waals surface area contributed by atoms with Crippen molar-refractivity contribution in [3.8, 4) is 11.6 Å². The number of benzene rings is 2. The quantitative estimate of drug-likeness (QED) is 0.322. The summed E-state index contributed by atoms with van der Waals surface area (Å²) >= 11 is 5.58. The zero-order chi connectivity index (χ0) is 23.8. The summed E-state index contributed by atoms with van der Waals surface area (Å²) in [7, 11) is 0. The van der Waals surface area contributed by atoms with Gasteiger partial charge in [-0.05, 0) is 48.9 Å². The third-order valence-corrected chi connectivity index (χ3v) is 4.44. The van der Waals surface area contributed by atoms with Crippen molar-refractivity contribution in [3.63, 3.8) is 0 Å². The number of amides is 2. The first-order valence-electron chi connectivity index (χ1n) is 9.65. The van der Waals surface area contributed by atoms with Crippen LogP contribution in [0.1, 0.15) is 12.0 Å². The molecule has 0 radical (unpaired) electrons. The maximum absolute atomic E-state index is 13.0. The van der Waals surface area contributed by atoms with Crippen LogP contribution in [0.25, 0.3) is 0 Å². The zero-order valence-corrected chi connectivity index (χ0v) is 17.7. The summed E-state index contributed by atoms with van der Waals surface area (Å²) in [5.74, 6) is 1.08. The lowest BCUT2D eigenvalue weighted by Crippen LogP contribution is -2.19. The number of aromatic nitrogens is 2. The number of nitrogens with zero attached hydrogens (tertiary/aromatic N) is 2. The number of carbonyl (C=O) groups excluding carboxylic acids is 1. The minimum atomic E-state index is -4.64. The molecule has 3 rings (SSSR count). The summed E-state index contributed by atoms with van der Waals surface area (Å²) in [5, 5.41) is 16.2. The first-order valence-corrected chi connectivity index (χ1v) is 10.0. The van der Waals surface area contributed by atoms with Crippen LogP contribution in [0.5, 0.6) is 11.6 Å². The Bertz CT molecular complexity index is 1100. The predicted molar refractivity (Wildman–Crippen MR) is 118 cm³/mol. The highest BCUT2D eigenvalue weighted by Gasteiger charge is 2.33. The Morgan fingerprint density at radius 1 is 1.06 bits per heavy atom. The minimum absolute atomic E-state index is 0.0515. The molecular formula is C21H19ClF3N5O3. The lowest BCUT2D eigenvalue weighted by Gasteiger charge is -2.12. The van der Waals surface area contributed by atoms with Crippen molar-refractivity contribution in [1.29, 1.82) is 0 Å². The molecule has 0 aliphatic carbocycles. The number of aliphatic hydroxyl groups excluding tert-OH is 1. The Morgan fingerprint density at radius 2 is 1.76 bits per heavy atom. The number of rotatable bonds is 8. The molecule has 2 amide bonds. The summed E-state index contributed by atoms with van der Waals surface area (Å²) < 4.78 is 44.5. The van der Waals surface area contributed by atoms with Gasteiger partial charge in [0.25, 0.3) is 0 Å². The highest BCUT2D eigenvalue weighted by molar-refractivity contribution is 6.31. The first kappa shape index (κ1) is 24.1. The average Bonchev–Trinajstić information content (AvgIpc) is 2.76. The Kier molecular flexibility index (Phi) is 7.91. The van der Waals surface area contributed by atoms with Gasteiger partial charge in [0, 0.05) is 36.8 Å². The largest absolute Gasteiger partial charge is 0.439 e. The van der Waals surface area contributed by atoms with E-state index in [2.05, 4.69) is 25.9 Å². The van der Waals surface area contributed by atoms with E-state index in [1.807, 2.05) is 0 Å². The molecule has 0 aliphatic heterocycles. The van der Waals surface area contributed by atoms with Crippen molar-refractivity contribution < 1.29 is 27.8 Å². The van der Waals surface area contributed by atoms with Crippen LogP contribution in [0.3, 0.4) is 0 Å². The second-order valence-electron chi connectivity index (χ2n) is 6.62. The van der Waals surface area contributed by atoms with Crippen LogP contribution in [-0.4, -0.2) is 34.3 Å². The Labute approximate surface area is 191 Å². The number of nitrogens with one attached hydrogen (secondary N) is 3.